The number of benzene rings is 1. The number of sulfonamides is 1. The average molecular weight is 276 g/mol. The molecular weight excluding hydrogens is 258 g/mol. The Morgan fingerprint density at radius 1 is 1.29 bits per heavy atom. The van der Waals surface area contributed by atoms with Crippen LogP contribution in [0.4, 0.5) is 0 Å². The van der Waals surface area contributed by atoms with Gasteiger partial charge in [-0.1, -0.05) is 30.3 Å². The van der Waals surface area contributed by atoms with Crippen molar-refractivity contribution in [2.24, 2.45) is 0 Å². The summed E-state index contributed by atoms with van der Waals surface area (Å²) in [7, 11) is -3.23. The molecule has 0 aliphatic heterocycles. The first-order valence-electron chi connectivity index (χ1n) is 5.65. The van der Waals surface area contributed by atoms with Crippen LogP contribution in [0, 0.1) is 0 Å². The fourth-order valence-corrected chi connectivity index (χ4v) is 2.80. The lowest BCUT2D eigenvalue weighted by Crippen LogP contribution is -2.26. The van der Waals surface area contributed by atoms with Crippen molar-refractivity contribution in [1.82, 2.24) is 4.72 Å². The molecule has 1 aromatic rings. The van der Waals surface area contributed by atoms with Gasteiger partial charge in [-0.3, -0.25) is 0 Å². The number of alkyl halides is 1. The predicted molar refractivity (Wildman–Crippen MR) is 71.6 cm³/mol. The SMILES string of the molecule is CC(Cl)CCCNS(=O)(=O)Cc1ccccc1. The van der Waals surface area contributed by atoms with Crippen LogP contribution in [0.1, 0.15) is 25.3 Å². The van der Waals surface area contributed by atoms with E-state index in [0.717, 1.165) is 18.4 Å². The van der Waals surface area contributed by atoms with Gasteiger partial charge in [-0.05, 0) is 25.3 Å². The predicted octanol–water partition coefficient (Wildman–Crippen LogP) is 2.51. The van der Waals surface area contributed by atoms with Crippen molar-refractivity contribution < 1.29 is 8.42 Å². The molecule has 17 heavy (non-hydrogen) atoms. The van der Waals surface area contributed by atoms with Crippen molar-refractivity contribution >= 4 is 21.6 Å². The van der Waals surface area contributed by atoms with Crippen LogP contribution in [0.25, 0.3) is 0 Å². The molecule has 0 fully saturated rings. The summed E-state index contributed by atoms with van der Waals surface area (Å²) in [6, 6.07) is 9.14. The maximum atomic E-state index is 11.7. The number of hydrogen-bond donors (Lipinski definition) is 1. The summed E-state index contributed by atoms with van der Waals surface area (Å²) in [6.45, 7) is 2.35. The molecule has 0 amide bonds. The summed E-state index contributed by atoms with van der Waals surface area (Å²) in [5.41, 5.74) is 0.797. The first kappa shape index (κ1) is 14.5. The number of halogens is 1. The summed E-state index contributed by atoms with van der Waals surface area (Å²) < 4.78 is 26.0. The van der Waals surface area contributed by atoms with Crippen LogP contribution in [0.2, 0.25) is 0 Å². The molecule has 0 heterocycles. The van der Waals surface area contributed by atoms with Crippen LogP contribution in [0.3, 0.4) is 0 Å². The van der Waals surface area contributed by atoms with Crippen molar-refractivity contribution in [3.63, 3.8) is 0 Å². The first-order valence-corrected chi connectivity index (χ1v) is 7.74. The van der Waals surface area contributed by atoms with E-state index in [4.69, 9.17) is 11.6 Å². The van der Waals surface area contributed by atoms with Crippen molar-refractivity contribution in [3.05, 3.63) is 35.9 Å². The van der Waals surface area contributed by atoms with Gasteiger partial charge >= 0.3 is 0 Å². The molecule has 0 saturated carbocycles. The number of nitrogens with one attached hydrogen (secondary N) is 1. The van der Waals surface area contributed by atoms with E-state index in [-0.39, 0.29) is 11.1 Å². The van der Waals surface area contributed by atoms with Gasteiger partial charge in [0.15, 0.2) is 0 Å². The van der Waals surface area contributed by atoms with E-state index in [2.05, 4.69) is 4.72 Å². The Morgan fingerprint density at radius 3 is 2.53 bits per heavy atom. The molecule has 1 unspecified atom stereocenters. The van der Waals surface area contributed by atoms with Crippen molar-refractivity contribution in [2.45, 2.75) is 30.9 Å². The molecule has 0 saturated heterocycles. The summed E-state index contributed by atoms with van der Waals surface area (Å²) in [6.07, 6.45) is 1.58. The standard InChI is InChI=1S/C12H18ClNO2S/c1-11(13)6-5-9-14-17(15,16)10-12-7-3-2-4-8-12/h2-4,7-8,11,14H,5-6,9-10H2,1H3. The zero-order valence-corrected chi connectivity index (χ0v) is 11.5. The summed E-state index contributed by atoms with van der Waals surface area (Å²) in [4.78, 5) is 0. The molecule has 0 radical (unpaired) electrons. The molecule has 0 aliphatic carbocycles. The average Bonchev–Trinajstić information content (AvgIpc) is 2.25. The molecule has 0 aromatic heterocycles. The van der Waals surface area contributed by atoms with Crippen LogP contribution >= 0.6 is 11.6 Å². The van der Waals surface area contributed by atoms with Gasteiger partial charge in [0.1, 0.15) is 0 Å². The molecule has 96 valence electrons. The normalized spacial score (nSPS) is 13.5. The summed E-state index contributed by atoms with van der Waals surface area (Å²) in [5, 5.41) is 0.0913. The molecule has 1 atom stereocenters. The van der Waals surface area contributed by atoms with Crippen molar-refractivity contribution in [3.8, 4) is 0 Å². The first-order chi connectivity index (χ1) is 7.99. The number of rotatable bonds is 7. The van der Waals surface area contributed by atoms with Gasteiger partial charge in [-0.2, -0.15) is 0 Å². The lowest BCUT2D eigenvalue weighted by Gasteiger charge is -2.07. The van der Waals surface area contributed by atoms with E-state index < -0.39 is 10.0 Å². The fourth-order valence-electron chi connectivity index (χ4n) is 1.46. The second-order valence-corrected chi connectivity index (χ2v) is 6.61. The van der Waals surface area contributed by atoms with Crippen molar-refractivity contribution in [2.75, 3.05) is 6.54 Å². The fraction of sp³-hybridized carbons (Fsp3) is 0.500. The minimum absolute atomic E-state index is 0.0320. The molecule has 0 bridgehead atoms. The summed E-state index contributed by atoms with van der Waals surface area (Å²) in [5.74, 6) is 0.0320. The van der Waals surface area contributed by atoms with E-state index in [1.165, 1.54) is 0 Å². The smallest absolute Gasteiger partial charge is 0.215 e. The van der Waals surface area contributed by atoms with E-state index in [9.17, 15) is 8.42 Å². The summed E-state index contributed by atoms with van der Waals surface area (Å²) >= 11 is 5.78. The molecule has 1 N–H and O–H groups in total. The quantitative estimate of drug-likeness (QED) is 0.614. The Morgan fingerprint density at radius 2 is 1.94 bits per heavy atom. The zero-order chi connectivity index (χ0) is 12.7. The van der Waals surface area contributed by atoms with Gasteiger partial charge in [0.25, 0.3) is 0 Å². The number of hydrogen-bond acceptors (Lipinski definition) is 2. The highest BCUT2D eigenvalue weighted by molar-refractivity contribution is 7.88. The van der Waals surface area contributed by atoms with E-state index in [0.29, 0.717) is 6.54 Å². The minimum Gasteiger partial charge on any atom is -0.215 e. The molecular formula is C12H18ClNO2S. The maximum Gasteiger partial charge on any atom is 0.215 e. The lowest BCUT2D eigenvalue weighted by atomic mass is 10.2. The topological polar surface area (TPSA) is 46.2 Å². The van der Waals surface area contributed by atoms with Gasteiger partial charge in [0, 0.05) is 11.9 Å². The van der Waals surface area contributed by atoms with Gasteiger partial charge in [-0.15, -0.1) is 11.6 Å². The van der Waals surface area contributed by atoms with E-state index in [1.807, 2.05) is 25.1 Å². The van der Waals surface area contributed by atoms with Crippen LogP contribution in [0.5, 0.6) is 0 Å². The lowest BCUT2D eigenvalue weighted by molar-refractivity contribution is 0.575. The van der Waals surface area contributed by atoms with Crippen molar-refractivity contribution in [1.29, 1.82) is 0 Å². The largest absolute Gasteiger partial charge is 0.215 e. The van der Waals surface area contributed by atoms with Crippen LogP contribution < -0.4 is 4.72 Å². The third kappa shape index (κ3) is 6.66. The van der Waals surface area contributed by atoms with Crippen LogP contribution in [0.15, 0.2) is 30.3 Å². The van der Waals surface area contributed by atoms with Gasteiger partial charge < -0.3 is 0 Å². The molecule has 1 rings (SSSR count). The monoisotopic (exact) mass is 275 g/mol. The van der Waals surface area contributed by atoms with E-state index >= 15 is 0 Å². The molecule has 3 nitrogen and oxygen atoms in total. The Kier molecular flexibility index (Phi) is 5.95. The second kappa shape index (κ2) is 6.99. The van der Waals surface area contributed by atoms with E-state index in [1.54, 1.807) is 12.1 Å². The Labute approximate surface area is 108 Å². The van der Waals surface area contributed by atoms with Gasteiger partial charge in [0.05, 0.1) is 5.75 Å². The highest BCUT2D eigenvalue weighted by atomic mass is 35.5. The second-order valence-electron chi connectivity index (χ2n) is 4.06. The Hall–Kier alpha value is -0.580. The zero-order valence-electron chi connectivity index (χ0n) is 9.90. The molecule has 0 aliphatic rings. The van der Waals surface area contributed by atoms with Crippen LogP contribution in [-0.2, 0) is 15.8 Å². The maximum absolute atomic E-state index is 11.7. The molecule has 5 heteroatoms. The molecule has 0 spiro atoms. The van der Waals surface area contributed by atoms with Gasteiger partial charge in [0.2, 0.25) is 10.0 Å². The van der Waals surface area contributed by atoms with Crippen LogP contribution in [-0.4, -0.2) is 20.3 Å². The van der Waals surface area contributed by atoms with Gasteiger partial charge in [-0.25, -0.2) is 13.1 Å². The Bertz CT molecular complexity index is 417. The third-order valence-corrected chi connectivity index (χ3v) is 3.88. The third-order valence-electron chi connectivity index (χ3n) is 2.30. The molecule has 1 aromatic carbocycles. The highest BCUT2D eigenvalue weighted by Crippen LogP contribution is 2.05. The highest BCUT2D eigenvalue weighted by Gasteiger charge is 2.10. The minimum atomic E-state index is -3.23. The Balaban J connectivity index is 2.37.